The lowest BCUT2D eigenvalue weighted by atomic mass is 9.52. The molecule has 10 nitrogen and oxygen atoms in total. The number of benzene rings is 1. The Kier molecular flexibility index (Phi) is 4.81. The highest BCUT2D eigenvalue weighted by atomic mass is 16.7. The zero-order chi connectivity index (χ0) is 23.9. The summed E-state index contributed by atoms with van der Waals surface area (Å²) in [5.74, 6) is -7.00. The van der Waals surface area contributed by atoms with E-state index in [0.29, 0.717) is 0 Å². The molecule has 4 aliphatic rings. The number of phenolic OH excluding ortho intramolecular Hbond substituents is 1. The topological polar surface area (TPSA) is 157 Å². The van der Waals surface area contributed by atoms with Crippen molar-refractivity contribution < 1.29 is 48.7 Å². The quantitative estimate of drug-likeness (QED) is 0.524. The number of esters is 1. The summed E-state index contributed by atoms with van der Waals surface area (Å²) in [4.78, 5) is 52.9. The van der Waals surface area contributed by atoms with E-state index < -0.39 is 83.1 Å². The maximum Gasteiger partial charge on any atom is 0.308 e. The highest BCUT2D eigenvalue weighted by Crippen LogP contribution is 2.61. The zero-order valence-corrected chi connectivity index (χ0v) is 18.0. The van der Waals surface area contributed by atoms with Crippen LogP contribution in [0.1, 0.15) is 53.8 Å². The number of rotatable bonds is 2. The van der Waals surface area contributed by atoms with Crippen LogP contribution in [0.4, 0.5) is 0 Å². The van der Waals surface area contributed by atoms with Gasteiger partial charge in [-0.15, -0.1) is 0 Å². The van der Waals surface area contributed by atoms with Crippen molar-refractivity contribution in [3.63, 3.8) is 0 Å². The van der Waals surface area contributed by atoms with Gasteiger partial charge in [0.25, 0.3) is 0 Å². The summed E-state index contributed by atoms with van der Waals surface area (Å²) in [6.45, 7) is 2.85. The average molecular weight is 460 g/mol. The number of fused-ring (bicyclic) bond motifs is 5. The maximum absolute atomic E-state index is 14.1. The molecule has 3 saturated heterocycles. The van der Waals surface area contributed by atoms with Gasteiger partial charge in [0.05, 0.1) is 35.5 Å². The summed E-state index contributed by atoms with van der Waals surface area (Å²) < 4.78 is 17.6. The van der Waals surface area contributed by atoms with E-state index in [1.807, 2.05) is 0 Å². The minimum Gasteiger partial charge on any atom is -0.507 e. The van der Waals surface area contributed by atoms with Crippen molar-refractivity contribution >= 4 is 23.3 Å². The molecule has 0 aromatic heterocycles. The Morgan fingerprint density at radius 2 is 1.91 bits per heavy atom. The monoisotopic (exact) mass is 460 g/mol. The van der Waals surface area contributed by atoms with Crippen LogP contribution in [0.5, 0.6) is 5.75 Å². The minimum atomic E-state index is -2.24. The fraction of sp³-hybridized carbons (Fsp3) is 0.565. The van der Waals surface area contributed by atoms with E-state index in [9.17, 15) is 34.5 Å². The van der Waals surface area contributed by atoms with Gasteiger partial charge in [-0.3, -0.25) is 19.2 Å². The van der Waals surface area contributed by atoms with Gasteiger partial charge in [-0.05, 0) is 19.9 Å². The molecule has 33 heavy (non-hydrogen) atoms. The molecule has 1 aromatic rings. The number of Topliss-reactive ketones (excluding diaryl/α,β-unsaturated/α-hetero) is 3. The van der Waals surface area contributed by atoms with E-state index in [2.05, 4.69) is 0 Å². The molecule has 0 radical (unpaired) electrons. The summed E-state index contributed by atoms with van der Waals surface area (Å²) in [6, 6.07) is 4.00. The lowest BCUT2D eigenvalue weighted by molar-refractivity contribution is -0.398. The normalized spacial score (nSPS) is 41.9. The van der Waals surface area contributed by atoms with Crippen molar-refractivity contribution in [2.75, 3.05) is 0 Å². The Bertz CT molecular complexity index is 1080. The molecule has 0 saturated carbocycles. The van der Waals surface area contributed by atoms with Crippen LogP contribution < -0.4 is 0 Å². The zero-order valence-electron chi connectivity index (χ0n) is 18.0. The number of hydrogen-bond acceptors (Lipinski definition) is 10. The molecule has 3 N–H and O–H groups in total. The Morgan fingerprint density at radius 3 is 2.61 bits per heavy atom. The molecule has 0 unspecified atom stereocenters. The first-order valence-electron chi connectivity index (χ1n) is 10.8. The molecule has 3 fully saturated rings. The maximum atomic E-state index is 14.1. The number of hydrogen-bond donors (Lipinski definition) is 3. The van der Waals surface area contributed by atoms with E-state index in [1.165, 1.54) is 25.1 Å². The van der Waals surface area contributed by atoms with Crippen LogP contribution in [-0.2, 0) is 23.8 Å². The van der Waals surface area contributed by atoms with Crippen molar-refractivity contribution in [3.05, 3.63) is 29.3 Å². The number of aliphatic hydroxyl groups excluding tert-OH is 2. The molecule has 5 rings (SSSR count). The van der Waals surface area contributed by atoms with Crippen molar-refractivity contribution in [1.29, 1.82) is 0 Å². The third-order valence-corrected chi connectivity index (χ3v) is 7.22. The van der Waals surface area contributed by atoms with Gasteiger partial charge >= 0.3 is 5.97 Å². The average Bonchev–Trinajstić information content (AvgIpc) is 3.10. The molecule has 1 aliphatic carbocycles. The van der Waals surface area contributed by atoms with Gasteiger partial charge < -0.3 is 29.5 Å². The summed E-state index contributed by atoms with van der Waals surface area (Å²) >= 11 is 0. The number of carbonyl (C=O) groups is 4. The third kappa shape index (κ3) is 2.81. The molecular weight excluding hydrogens is 436 g/mol. The smallest absolute Gasteiger partial charge is 0.308 e. The second kappa shape index (κ2) is 7.17. The van der Waals surface area contributed by atoms with Crippen molar-refractivity contribution in [1.82, 2.24) is 0 Å². The summed E-state index contributed by atoms with van der Waals surface area (Å²) in [5, 5.41) is 32.2. The predicted octanol–water partition coefficient (Wildman–Crippen LogP) is 0.294. The molecule has 1 spiro atoms. The Balaban J connectivity index is 1.84. The van der Waals surface area contributed by atoms with Crippen LogP contribution >= 0.6 is 0 Å². The van der Waals surface area contributed by atoms with Crippen LogP contribution in [0.25, 0.3) is 0 Å². The molecule has 3 aliphatic heterocycles. The lowest BCUT2D eigenvalue weighted by Gasteiger charge is -2.60. The molecular formula is C23H24O10. The highest BCUT2D eigenvalue weighted by molar-refractivity contribution is 6.20. The molecule has 176 valence electrons. The van der Waals surface area contributed by atoms with Gasteiger partial charge in [0, 0.05) is 18.4 Å². The second-order valence-electron chi connectivity index (χ2n) is 9.41. The highest BCUT2D eigenvalue weighted by Gasteiger charge is 2.76. The number of phenols is 1. The van der Waals surface area contributed by atoms with Gasteiger partial charge in [-0.1, -0.05) is 12.1 Å². The Morgan fingerprint density at radius 1 is 1.18 bits per heavy atom. The van der Waals surface area contributed by atoms with E-state index in [0.717, 1.165) is 0 Å². The van der Waals surface area contributed by atoms with Gasteiger partial charge in [0.2, 0.25) is 5.79 Å². The van der Waals surface area contributed by atoms with E-state index >= 15 is 0 Å². The van der Waals surface area contributed by atoms with Crippen molar-refractivity contribution in [3.8, 4) is 5.75 Å². The van der Waals surface area contributed by atoms with E-state index in [1.54, 1.807) is 6.92 Å². The first-order chi connectivity index (χ1) is 15.5. The van der Waals surface area contributed by atoms with E-state index in [-0.39, 0.29) is 24.0 Å². The summed E-state index contributed by atoms with van der Waals surface area (Å²) in [5.41, 5.74) is -2.35. The Hall–Kier alpha value is -2.66. The fourth-order valence-electron chi connectivity index (χ4n) is 6.17. The second-order valence-corrected chi connectivity index (χ2v) is 9.41. The standard InChI is InChI=1S/C23H24O10/c1-9(24)8-22-18(17(28)16-11(19(22)29)4-3-5-12(16)25)23(20(30)13(26)6-10(2)32-23)33-14-7-15(27)31-21(14)22/h3-5,10,13-14,18,20-21,25-26,30H,6-8H2,1-2H3/t10-,13-,14+,18+,20-,21-,22+,23+/m0/s1. The van der Waals surface area contributed by atoms with E-state index in [4.69, 9.17) is 14.2 Å². The van der Waals surface area contributed by atoms with Gasteiger partial charge in [-0.25, -0.2) is 0 Å². The SMILES string of the molecule is CC(=O)C[C@]12C(=O)c3cccc(O)c3C(=O)[C@H]1[C@@]1(O[C@@H](C)C[C@H](O)[C@@H]1O)O[C@@H]1CC(=O)O[C@@H]12. The van der Waals surface area contributed by atoms with Crippen molar-refractivity contribution in [2.45, 2.75) is 69.4 Å². The van der Waals surface area contributed by atoms with Gasteiger partial charge in [0.1, 0.15) is 29.8 Å². The van der Waals surface area contributed by atoms with Crippen LogP contribution in [0.3, 0.4) is 0 Å². The predicted molar refractivity (Wildman–Crippen MR) is 107 cm³/mol. The number of aliphatic hydroxyl groups is 2. The fourth-order valence-corrected chi connectivity index (χ4v) is 6.17. The third-order valence-electron chi connectivity index (χ3n) is 7.22. The first kappa shape index (κ1) is 22.1. The van der Waals surface area contributed by atoms with Gasteiger partial charge in [-0.2, -0.15) is 0 Å². The van der Waals surface area contributed by atoms with Crippen LogP contribution in [0, 0.1) is 11.3 Å². The lowest BCUT2D eigenvalue weighted by Crippen LogP contribution is -2.76. The van der Waals surface area contributed by atoms with Crippen LogP contribution in [0.2, 0.25) is 0 Å². The molecule has 10 heteroatoms. The van der Waals surface area contributed by atoms with Crippen LogP contribution in [-0.4, -0.2) is 74.9 Å². The van der Waals surface area contributed by atoms with Gasteiger partial charge in [0.15, 0.2) is 11.6 Å². The van der Waals surface area contributed by atoms with Crippen LogP contribution in [0.15, 0.2) is 18.2 Å². The number of ketones is 3. The summed E-state index contributed by atoms with van der Waals surface area (Å²) in [7, 11) is 0. The van der Waals surface area contributed by atoms with Crippen molar-refractivity contribution in [2.24, 2.45) is 11.3 Å². The largest absolute Gasteiger partial charge is 0.507 e. The molecule has 0 amide bonds. The molecule has 1 aromatic carbocycles. The Labute approximate surface area is 188 Å². The molecule has 3 heterocycles. The number of carbonyl (C=O) groups excluding carboxylic acids is 4. The number of ether oxygens (including phenoxy) is 3. The molecule has 0 bridgehead atoms. The minimum absolute atomic E-state index is 0.0339. The number of aromatic hydroxyl groups is 1. The first-order valence-corrected chi connectivity index (χ1v) is 10.8. The summed E-state index contributed by atoms with van der Waals surface area (Å²) in [6.07, 6.45) is -6.96. The molecule has 8 atom stereocenters.